The molecule has 0 aromatic carbocycles. The van der Waals surface area contributed by atoms with E-state index in [1.165, 1.54) is 4.90 Å². The Bertz CT molecular complexity index is 233. The molecule has 0 radical (unpaired) electrons. The van der Waals surface area contributed by atoms with Crippen molar-refractivity contribution in [1.82, 2.24) is 10.2 Å². The Morgan fingerprint density at radius 1 is 1.56 bits per heavy atom. The van der Waals surface area contributed by atoms with Crippen LogP contribution in [-0.4, -0.2) is 62.9 Å². The summed E-state index contributed by atoms with van der Waals surface area (Å²) >= 11 is 0. The first-order chi connectivity index (χ1) is 7.50. The molecule has 1 N–H and O–H groups in total. The average molecular weight is 230 g/mol. The topological polar surface area (TPSA) is 50.8 Å². The molecule has 1 aliphatic rings. The summed E-state index contributed by atoms with van der Waals surface area (Å²) in [6.45, 7) is 5.91. The molecular weight excluding hydrogens is 208 g/mol. The Morgan fingerprint density at radius 3 is 2.81 bits per heavy atom. The van der Waals surface area contributed by atoms with Crippen LogP contribution in [-0.2, 0) is 14.3 Å². The Balaban J connectivity index is 2.25. The van der Waals surface area contributed by atoms with Gasteiger partial charge in [-0.15, -0.1) is 0 Å². The van der Waals surface area contributed by atoms with E-state index < -0.39 is 6.10 Å². The van der Waals surface area contributed by atoms with Crippen LogP contribution in [0.4, 0.5) is 0 Å². The molecule has 3 unspecified atom stereocenters. The predicted octanol–water partition coefficient (Wildman–Crippen LogP) is -0.143. The van der Waals surface area contributed by atoms with Gasteiger partial charge in [0.05, 0.1) is 18.8 Å². The van der Waals surface area contributed by atoms with E-state index in [1.807, 2.05) is 6.92 Å². The number of rotatable bonds is 4. The summed E-state index contributed by atoms with van der Waals surface area (Å²) in [5, 5.41) is 3.26. The van der Waals surface area contributed by atoms with E-state index >= 15 is 0 Å². The van der Waals surface area contributed by atoms with Crippen molar-refractivity contribution in [3.05, 3.63) is 0 Å². The highest BCUT2D eigenvalue weighted by atomic mass is 16.5. The van der Waals surface area contributed by atoms with Crippen molar-refractivity contribution in [3.8, 4) is 0 Å². The number of nitrogens with one attached hydrogen (secondary N) is 1. The van der Waals surface area contributed by atoms with Gasteiger partial charge in [-0.05, 0) is 13.8 Å². The highest BCUT2D eigenvalue weighted by molar-refractivity contribution is 5.79. The average Bonchev–Trinajstić information content (AvgIpc) is 2.24. The number of hydrogen-bond acceptors (Lipinski definition) is 4. The first-order valence-corrected chi connectivity index (χ1v) is 5.69. The maximum Gasteiger partial charge on any atom is 0.250 e. The molecule has 0 aromatic rings. The lowest BCUT2D eigenvalue weighted by Gasteiger charge is -2.29. The molecule has 16 heavy (non-hydrogen) atoms. The van der Waals surface area contributed by atoms with Crippen LogP contribution in [0.25, 0.3) is 0 Å². The Labute approximate surface area is 97.1 Å². The third-order valence-electron chi connectivity index (χ3n) is 2.55. The smallest absolute Gasteiger partial charge is 0.250 e. The summed E-state index contributed by atoms with van der Waals surface area (Å²) in [5.74, 6) is -0.0168. The molecule has 5 heteroatoms. The molecule has 0 aromatic heterocycles. The van der Waals surface area contributed by atoms with E-state index in [9.17, 15) is 4.79 Å². The van der Waals surface area contributed by atoms with E-state index in [4.69, 9.17) is 9.47 Å². The minimum absolute atomic E-state index is 0.0168. The van der Waals surface area contributed by atoms with Gasteiger partial charge in [-0.25, -0.2) is 0 Å². The molecule has 1 fully saturated rings. The van der Waals surface area contributed by atoms with Gasteiger partial charge in [0.2, 0.25) is 0 Å². The van der Waals surface area contributed by atoms with Gasteiger partial charge in [-0.2, -0.15) is 0 Å². The molecular formula is C11H22N2O3. The highest BCUT2D eigenvalue weighted by Gasteiger charge is 2.22. The first kappa shape index (κ1) is 13.4. The molecule has 94 valence electrons. The Kier molecular flexibility index (Phi) is 5.18. The third kappa shape index (κ3) is 4.08. The van der Waals surface area contributed by atoms with Crippen LogP contribution in [0.1, 0.15) is 13.8 Å². The first-order valence-electron chi connectivity index (χ1n) is 5.69. The number of ether oxygens (including phenoxy) is 2. The zero-order valence-electron chi connectivity index (χ0n) is 10.5. The van der Waals surface area contributed by atoms with Crippen LogP contribution in [0.15, 0.2) is 0 Å². The minimum atomic E-state index is -0.407. The fourth-order valence-electron chi connectivity index (χ4n) is 1.66. The van der Waals surface area contributed by atoms with Gasteiger partial charge < -0.3 is 19.7 Å². The SMILES string of the molecule is CC1CNCC(COC(C)C(=O)N(C)C)O1. The Morgan fingerprint density at radius 2 is 2.25 bits per heavy atom. The van der Waals surface area contributed by atoms with Crippen LogP contribution in [0.3, 0.4) is 0 Å². The van der Waals surface area contributed by atoms with Gasteiger partial charge in [0.15, 0.2) is 0 Å². The van der Waals surface area contributed by atoms with Crippen LogP contribution in [0.5, 0.6) is 0 Å². The molecule has 1 aliphatic heterocycles. The van der Waals surface area contributed by atoms with Gasteiger partial charge in [-0.3, -0.25) is 4.79 Å². The second-order valence-corrected chi connectivity index (χ2v) is 4.44. The van der Waals surface area contributed by atoms with E-state index in [0.29, 0.717) is 6.61 Å². The van der Waals surface area contributed by atoms with Crippen molar-refractivity contribution in [2.45, 2.75) is 32.2 Å². The fraction of sp³-hybridized carbons (Fsp3) is 0.909. The highest BCUT2D eigenvalue weighted by Crippen LogP contribution is 2.05. The van der Waals surface area contributed by atoms with Crippen LogP contribution >= 0.6 is 0 Å². The third-order valence-corrected chi connectivity index (χ3v) is 2.55. The quantitative estimate of drug-likeness (QED) is 0.730. The lowest BCUT2D eigenvalue weighted by molar-refractivity contribution is -0.144. The van der Waals surface area contributed by atoms with E-state index in [1.54, 1.807) is 21.0 Å². The second-order valence-electron chi connectivity index (χ2n) is 4.44. The molecule has 0 saturated carbocycles. The molecule has 0 spiro atoms. The van der Waals surface area contributed by atoms with Crippen molar-refractivity contribution in [2.24, 2.45) is 0 Å². The summed E-state index contributed by atoms with van der Waals surface area (Å²) in [6, 6.07) is 0. The van der Waals surface area contributed by atoms with Crippen molar-refractivity contribution in [2.75, 3.05) is 33.8 Å². The molecule has 1 rings (SSSR count). The van der Waals surface area contributed by atoms with Gasteiger partial charge in [0, 0.05) is 27.2 Å². The zero-order valence-corrected chi connectivity index (χ0v) is 10.5. The summed E-state index contributed by atoms with van der Waals surface area (Å²) in [4.78, 5) is 13.1. The van der Waals surface area contributed by atoms with E-state index in [-0.39, 0.29) is 18.1 Å². The van der Waals surface area contributed by atoms with E-state index in [2.05, 4.69) is 5.32 Å². The largest absolute Gasteiger partial charge is 0.370 e. The molecule has 0 bridgehead atoms. The number of carbonyl (C=O) groups is 1. The lowest BCUT2D eigenvalue weighted by atomic mass is 10.2. The molecule has 3 atom stereocenters. The second kappa shape index (κ2) is 6.18. The van der Waals surface area contributed by atoms with Gasteiger partial charge in [-0.1, -0.05) is 0 Å². The summed E-state index contributed by atoms with van der Waals surface area (Å²) in [5.41, 5.74) is 0. The normalized spacial score (nSPS) is 27.5. The number of nitrogens with zero attached hydrogens (tertiary/aromatic N) is 1. The van der Waals surface area contributed by atoms with Crippen molar-refractivity contribution < 1.29 is 14.3 Å². The maximum absolute atomic E-state index is 11.5. The Hall–Kier alpha value is -0.650. The van der Waals surface area contributed by atoms with Crippen molar-refractivity contribution >= 4 is 5.91 Å². The molecule has 5 nitrogen and oxygen atoms in total. The summed E-state index contributed by atoms with van der Waals surface area (Å²) in [7, 11) is 3.45. The predicted molar refractivity (Wildman–Crippen MR) is 61.3 cm³/mol. The van der Waals surface area contributed by atoms with Crippen molar-refractivity contribution in [3.63, 3.8) is 0 Å². The zero-order chi connectivity index (χ0) is 12.1. The molecule has 0 aliphatic carbocycles. The van der Waals surface area contributed by atoms with Gasteiger partial charge in [0.1, 0.15) is 6.10 Å². The van der Waals surface area contributed by atoms with Crippen LogP contribution in [0.2, 0.25) is 0 Å². The van der Waals surface area contributed by atoms with Crippen LogP contribution in [0, 0.1) is 0 Å². The standard InChI is InChI=1S/C11H22N2O3/c1-8-5-12-6-10(16-8)7-15-9(2)11(14)13(3)4/h8-10,12H,5-7H2,1-4H3. The van der Waals surface area contributed by atoms with Gasteiger partial charge >= 0.3 is 0 Å². The number of hydrogen-bond donors (Lipinski definition) is 1. The molecule has 1 saturated heterocycles. The van der Waals surface area contributed by atoms with Crippen molar-refractivity contribution in [1.29, 1.82) is 0 Å². The molecule has 1 heterocycles. The van der Waals surface area contributed by atoms with Gasteiger partial charge in [0.25, 0.3) is 5.91 Å². The van der Waals surface area contributed by atoms with E-state index in [0.717, 1.165) is 13.1 Å². The fourth-order valence-corrected chi connectivity index (χ4v) is 1.66. The number of likely N-dealkylation sites (N-methyl/N-ethyl adjacent to an activating group) is 1. The molecule has 1 amide bonds. The minimum Gasteiger partial charge on any atom is -0.370 e. The van der Waals surface area contributed by atoms with Crippen LogP contribution < -0.4 is 5.32 Å². The monoisotopic (exact) mass is 230 g/mol. The summed E-state index contributed by atoms with van der Waals surface area (Å²) < 4.78 is 11.2. The number of carbonyl (C=O) groups excluding carboxylic acids is 1. The maximum atomic E-state index is 11.5. The number of amides is 1. The number of morpholine rings is 1. The lowest BCUT2D eigenvalue weighted by Crippen LogP contribution is -2.46. The summed E-state index contributed by atoms with van der Waals surface area (Å²) in [6.07, 6.45) is -0.154.